The normalized spacial score (nSPS) is 10.7. The van der Waals surface area contributed by atoms with E-state index in [1.165, 1.54) is 21.9 Å². The third-order valence-corrected chi connectivity index (χ3v) is 4.78. The molecule has 0 unspecified atom stereocenters. The fourth-order valence-corrected chi connectivity index (χ4v) is 3.14. The number of carbonyl (C=O) groups is 2. The van der Waals surface area contributed by atoms with Crippen LogP contribution in [0.15, 0.2) is 35.1 Å². The Kier molecular flexibility index (Phi) is 5.60. The summed E-state index contributed by atoms with van der Waals surface area (Å²) in [4.78, 5) is 40.6. The van der Waals surface area contributed by atoms with Gasteiger partial charge in [0.1, 0.15) is 18.2 Å². The summed E-state index contributed by atoms with van der Waals surface area (Å²) in [6, 6.07) is 8.28. The van der Waals surface area contributed by atoms with Gasteiger partial charge in [-0.1, -0.05) is 36.0 Å². The van der Waals surface area contributed by atoms with Crippen molar-refractivity contribution in [1.29, 1.82) is 0 Å². The number of ether oxygens (including phenoxy) is 1. The lowest BCUT2D eigenvalue weighted by molar-refractivity contribution is -0.143. The number of hydrogen-bond donors (Lipinski definition) is 1. The second-order valence-electron chi connectivity index (χ2n) is 5.84. The van der Waals surface area contributed by atoms with Crippen molar-refractivity contribution < 1.29 is 14.3 Å². The lowest BCUT2D eigenvalue weighted by Gasteiger charge is -2.06. The predicted octanol–water partition coefficient (Wildman–Crippen LogP) is 1.50. The molecule has 9 heteroatoms. The molecule has 2 heterocycles. The molecule has 8 nitrogen and oxygen atoms in total. The summed E-state index contributed by atoms with van der Waals surface area (Å²) in [7, 11) is 0. The van der Waals surface area contributed by atoms with E-state index in [1.807, 2.05) is 26.0 Å². The number of esters is 1. The number of benzene rings is 1. The minimum Gasteiger partial charge on any atom is -0.458 e. The highest BCUT2D eigenvalue weighted by Crippen LogP contribution is 2.12. The summed E-state index contributed by atoms with van der Waals surface area (Å²) in [5.41, 5.74) is 1.52. The molecular formula is C18H18N4O4S. The lowest BCUT2D eigenvalue weighted by Crippen LogP contribution is -2.30. The van der Waals surface area contributed by atoms with Gasteiger partial charge in [0.05, 0.1) is 5.69 Å². The maximum Gasteiger partial charge on any atom is 0.325 e. The van der Waals surface area contributed by atoms with Crippen LogP contribution in [-0.2, 0) is 22.6 Å². The van der Waals surface area contributed by atoms with E-state index in [0.29, 0.717) is 22.6 Å². The van der Waals surface area contributed by atoms with E-state index in [4.69, 9.17) is 4.74 Å². The van der Waals surface area contributed by atoms with Crippen LogP contribution < -0.4 is 10.9 Å². The average Bonchev–Trinajstić information content (AvgIpc) is 3.09. The number of aromatic nitrogens is 3. The summed E-state index contributed by atoms with van der Waals surface area (Å²) in [5.74, 6) is -0.975. The van der Waals surface area contributed by atoms with E-state index in [1.54, 1.807) is 12.1 Å². The molecule has 140 valence electrons. The van der Waals surface area contributed by atoms with Crippen molar-refractivity contribution >= 4 is 28.2 Å². The molecule has 0 bridgehead atoms. The molecule has 1 aromatic carbocycles. The van der Waals surface area contributed by atoms with Crippen molar-refractivity contribution in [3.05, 3.63) is 62.5 Å². The summed E-state index contributed by atoms with van der Waals surface area (Å²) < 4.78 is 6.32. The summed E-state index contributed by atoms with van der Waals surface area (Å²) >= 11 is 1.32. The Morgan fingerprint density at radius 2 is 2.00 bits per heavy atom. The quantitative estimate of drug-likeness (QED) is 0.644. The molecule has 27 heavy (non-hydrogen) atoms. The van der Waals surface area contributed by atoms with E-state index in [-0.39, 0.29) is 24.6 Å². The minimum atomic E-state index is -0.615. The molecule has 2 aromatic heterocycles. The highest BCUT2D eigenvalue weighted by molar-refractivity contribution is 7.16. The maximum absolute atomic E-state index is 12.0. The summed E-state index contributed by atoms with van der Waals surface area (Å²) in [6.45, 7) is 3.45. The van der Waals surface area contributed by atoms with Gasteiger partial charge in [0.15, 0.2) is 0 Å². The highest BCUT2D eigenvalue weighted by Gasteiger charge is 2.11. The van der Waals surface area contributed by atoms with Crippen molar-refractivity contribution in [2.24, 2.45) is 0 Å². The first-order valence-corrected chi connectivity index (χ1v) is 9.17. The Labute approximate surface area is 158 Å². The van der Waals surface area contributed by atoms with Gasteiger partial charge in [0.2, 0.25) is 4.96 Å². The fourth-order valence-electron chi connectivity index (χ4n) is 2.28. The second-order valence-corrected chi connectivity index (χ2v) is 6.88. The molecule has 3 rings (SSSR count). The van der Waals surface area contributed by atoms with Gasteiger partial charge in [-0.05, 0) is 25.5 Å². The number of aryl methyl sites for hydroxylation is 2. The van der Waals surface area contributed by atoms with Crippen LogP contribution in [0.1, 0.15) is 33.5 Å². The molecule has 1 amide bonds. The van der Waals surface area contributed by atoms with Gasteiger partial charge < -0.3 is 10.1 Å². The molecule has 0 aliphatic carbocycles. The Morgan fingerprint density at radius 3 is 2.70 bits per heavy atom. The number of amides is 1. The van der Waals surface area contributed by atoms with E-state index >= 15 is 0 Å². The molecule has 0 aliphatic heterocycles. The first kappa shape index (κ1) is 18.7. The predicted molar refractivity (Wildman–Crippen MR) is 99.8 cm³/mol. The van der Waals surface area contributed by atoms with Gasteiger partial charge in [0, 0.05) is 11.6 Å². The third kappa shape index (κ3) is 4.56. The molecule has 0 radical (unpaired) electrons. The smallest absolute Gasteiger partial charge is 0.325 e. The first-order valence-electron chi connectivity index (χ1n) is 8.35. The van der Waals surface area contributed by atoms with Crippen LogP contribution in [0.3, 0.4) is 0 Å². The van der Waals surface area contributed by atoms with Crippen LogP contribution >= 0.6 is 11.3 Å². The number of nitrogens with zero attached hydrogens (tertiary/aromatic N) is 3. The highest BCUT2D eigenvalue weighted by atomic mass is 32.1. The van der Waals surface area contributed by atoms with Crippen LogP contribution in [0.4, 0.5) is 0 Å². The molecule has 1 N–H and O–H groups in total. The van der Waals surface area contributed by atoms with Crippen LogP contribution in [0.25, 0.3) is 4.96 Å². The number of carbonyl (C=O) groups excluding carboxylic acids is 2. The molecule has 0 atom stereocenters. The van der Waals surface area contributed by atoms with Crippen LogP contribution in [-0.4, -0.2) is 33.0 Å². The fraction of sp³-hybridized carbons (Fsp3) is 0.278. The molecule has 0 fully saturated rings. The monoisotopic (exact) mass is 386 g/mol. The van der Waals surface area contributed by atoms with E-state index in [0.717, 1.165) is 10.6 Å². The standard InChI is InChI=1S/C18H18N4O4S/c1-3-14-21-22-15(23)8-13(20-18(22)27-14)10-26-16(24)9-19-17(25)12-6-4-11(2)5-7-12/h4-8H,3,9-10H2,1-2H3,(H,19,25). The molecule has 0 saturated heterocycles. The van der Waals surface area contributed by atoms with Gasteiger partial charge in [-0.25, -0.2) is 4.98 Å². The van der Waals surface area contributed by atoms with Crippen LogP contribution in [0.2, 0.25) is 0 Å². The van der Waals surface area contributed by atoms with Crippen LogP contribution in [0, 0.1) is 6.92 Å². The Morgan fingerprint density at radius 1 is 1.26 bits per heavy atom. The zero-order valence-electron chi connectivity index (χ0n) is 14.9. The van der Waals surface area contributed by atoms with Gasteiger partial charge in [-0.2, -0.15) is 9.61 Å². The van der Waals surface area contributed by atoms with Gasteiger partial charge >= 0.3 is 5.97 Å². The molecule has 0 saturated carbocycles. The molecular weight excluding hydrogens is 368 g/mol. The lowest BCUT2D eigenvalue weighted by atomic mass is 10.1. The number of rotatable bonds is 6. The number of nitrogens with one attached hydrogen (secondary N) is 1. The van der Waals surface area contributed by atoms with E-state index < -0.39 is 5.97 Å². The third-order valence-electron chi connectivity index (χ3n) is 3.73. The molecule has 3 aromatic rings. The van der Waals surface area contributed by atoms with E-state index in [9.17, 15) is 14.4 Å². The number of fused-ring (bicyclic) bond motifs is 1. The molecule has 0 spiro atoms. The first-order chi connectivity index (χ1) is 13.0. The average molecular weight is 386 g/mol. The van der Waals surface area contributed by atoms with Crippen molar-refractivity contribution in [2.75, 3.05) is 6.54 Å². The second kappa shape index (κ2) is 8.09. The molecule has 0 aliphatic rings. The topological polar surface area (TPSA) is 103 Å². The van der Waals surface area contributed by atoms with Gasteiger partial charge in [-0.15, -0.1) is 0 Å². The summed E-state index contributed by atoms with van der Waals surface area (Å²) in [6.07, 6.45) is 0.707. The number of hydrogen-bond acceptors (Lipinski definition) is 7. The SMILES string of the molecule is CCc1nn2c(=O)cc(COC(=O)CNC(=O)c3ccc(C)cc3)nc2s1. The Bertz CT molecular complexity index is 1040. The van der Waals surface area contributed by atoms with Crippen molar-refractivity contribution in [3.63, 3.8) is 0 Å². The zero-order chi connectivity index (χ0) is 19.4. The van der Waals surface area contributed by atoms with E-state index in [2.05, 4.69) is 15.4 Å². The van der Waals surface area contributed by atoms with Gasteiger partial charge in [0.25, 0.3) is 11.5 Å². The zero-order valence-corrected chi connectivity index (χ0v) is 15.7. The summed E-state index contributed by atoms with van der Waals surface area (Å²) in [5, 5.41) is 7.45. The van der Waals surface area contributed by atoms with Gasteiger partial charge in [-0.3, -0.25) is 14.4 Å². The largest absolute Gasteiger partial charge is 0.458 e. The van der Waals surface area contributed by atoms with Crippen molar-refractivity contribution in [1.82, 2.24) is 19.9 Å². The van der Waals surface area contributed by atoms with Crippen molar-refractivity contribution in [3.8, 4) is 0 Å². The Balaban J connectivity index is 1.56. The van der Waals surface area contributed by atoms with Crippen LogP contribution in [0.5, 0.6) is 0 Å². The Hall–Kier alpha value is -3.07. The maximum atomic E-state index is 12.0. The van der Waals surface area contributed by atoms with Crippen molar-refractivity contribution in [2.45, 2.75) is 26.9 Å². The minimum absolute atomic E-state index is 0.148.